The van der Waals surface area contributed by atoms with Crippen molar-refractivity contribution in [1.82, 2.24) is 4.31 Å². The summed E-state index contributed by atoms with van der Waals surface area (Å²) in [4.78, 5) is 0. The Bertz CT molecular complexity index is 50.0. The maximum atomic E-state index is 4.81. The molecule has 0 aromatic rings. The summed E-state index contributed by atoms with van der Waals surface area (Å²) in [6, 6.07) is 0. The molecule has 0 atom stereocenters. The topological polar surface area (TPSA) is 3.24 Å². The first-order valence-corrected chi connectivity index (χ1v) is 2.94. The summed E-state index contributed by atoms with van der Waals surface area (Å²) < 4.78 is 1.73. The van der Waals surface area contributed by atoms with Crippen LogP contribution in [0.5, 0.6) is 0 Å². The van der Waals surface area contributed by atoms with Crippen LogP contribution in [0.25, 0.3) is 0 Å². The normalized spacial score (nSPS) is 25.3. The summed E-state index contributed by atoms with van der Waals surface area (Å²) in [5.41, 5.74) is 0. The average Bonchev–Trinajstić information content (AvgIpc) is 1.69. The molecule has 0 aromatic heterocycles. The Labute approximate surface area is 50.2 Å². The third-order valence-electron chi connectivity index (χ3n) is 1.08. The van der Waals surface area contributed by atoms with Crippen molar-refractivity contribution < 1.29 is 0 Å². The maximum Gasteiger partial charge on any atom is 0.0744 e. The molecule has 1 aliphatic rings. The summed E-state index contributed by atoms with van der Waals surface area (Å²) in [6.45, 7) is 4.05. The lowest BCUT2D eigenvalue weighted by atomic mass is 10.2. The van der Waals surface area contributed by atoms with Gasteiger partial charge in [-0.3, -0.25) is 0 Å². The molecular formula is C5H8NS. The van der Waals surface area contributed by atoms with Crippen LogP contribution in [0.1, 0.15) is 19.3 Å². The van der Waals surface area contributed by atoms with Crippen molar-refractivity contribution in [3.63, 3.8) is 0 Å². The predicted molar refractivity (Wildman–Crippen MR) is 31.4 cm³/mol. The van der Waals surface area contributed by atoms with E-state index in [1.54, 1.807) is 4.31 Å². The average molecular weight is 114 g/mol. The SMILES string of the molecule is [S]N1[C]CCCC1. The second kappa shape index (κ2) is 2.58. The van der Waals surface area contributed by atoms with E-state index >= 15 is 0 Å². The highest BCUT2D eigenvalue weighted by molar-refractivity contribution is 7.77. The van der Waals surface area contributed by atoms with E-state index in [1.807, 2.05) is 0 Å². The van der Waals surface area contributed by atoms with Gasteiger partial charge in [0.1, 0.15) is 0 Å². The molecule has 0 unspecified atom stereocenters. The molecule has 0 N–H and O–H groups in total. The number of rotatable bonds is 0. The second-order valence-electron chi connectivity index (χ2n) is 1.72. The molecule has 1 heterocycles. The third kappa shape index (κ3) is 1.70. The van der Waals surface area contributed by atoms with Crippen LogP contribution in [0, 0.1) is 6.54 Å². The third-order valence-corrected chi connectivity index (χ3v) is 1.39. The molecule has 1 saturated heterocycles. The van der Waals surface area contributed by atoms with Gasteiger partial charge in [0.05, 0.1) is 6.54 Å². The summed E-state index contributed by atoms with van der Waals surface area (Å²) in [7, 11) is 0. The van der Waals surface area contributed by atoms with E-state index in [0.29, 0.717) is 0 Å². The van der Waals surface area contributed by atoms with E-state index in [1.165, 1.54) is 12.8 Å². The number of piperidine rings is 1. The molecule has 1 fully saturated rings. The van der Waals surface area contributed by atoms with E-state index in [2.05, 4.69) is 6.54 Å². The van der Waals surface area contributed by atoms with Gasteiger partial charge in [-0.05, 0) is 12.8 Å². The highest BCUT2D eigenvalue weighted by Gasteiger charge is 2.05. The van der Waals surface area contributed by atoms with Crippen LogP contribution in [0.15, 0.2) is 0 Å². The minimum atomic E-state index is 1.02. The van der Waals surface area contributed by atoms with Gasteiger partial charge in [0.2, 0.25) is 0 Å². The van der Waals surface area contributed by atoms with E-state index < -0.39 is 0 Å². The van der Waals surface area contributed by atoms with Gasteiger partial charge in [-0.1, -0.05) is 6.42 Å². The Morgan fingerprint density at radius 3 is 2.57 bits per heavy atom. The molecule has 1 aliphatic heterocycles. The van der Waals surface area contributed by atoms with E-state index in [4.69, 9.17) is 12.8 Å². The molecule has 0 bridgehead atoms. The summed E-state index contributed by atoms with van der Waals surface area (Å²) in [5, 5.41) is 0. The van der Waals surface area contributed by atoms with Gasteiger partial charge in [-0.2, -0.15) is 0 Å². The van der Waals surface area contributed by atoms with Crippen LogP contribution in [-0.4, -0.2) is 10.8 Å². The molecule has 0 aromatic carbocycles. The molecule has 0 spiro atoms. The molecule has 1 rings (SSSR count). The first-order valence-electron chi connectivity index (χ1n) is 2.58. The zero-order valence-electron chi connectivity index (χ0n) is 4.18. The Hall–Kier alpha value is 0.310. The summed E-state index contributed by atoms with van der Waals surface area (Å²) in [5.74, 6) is 0. The molecule has 1 nitrogen and oxygen atoms in total. The number of nitrogens with zero attached hydrogens (tertiary/aromatic N) is 1. The van der Waals surface area contributed by atoms with Crippen molar-refractivity contribution in [2.45, 2.75) is 19.3 Å². The molecule has 3 radical (unpaired) electrons. The van der Waals surface area contributed by atoms with E-state index in [9.17, 15) is 0 Å². The quantitative estimate of drug-likeness (QED) is 0.462. The molecule has 2 heteroatoms. The standard InChI is InChI=1S/C5H8NS/c7-6-4-2-1-3-5-6/h1-4H2. The summed E-state index contributed by atoms with van der Waals surface area (Å²) >= 11 is 4.81. The van der Waals surface area contributed by atoms with Crippen LogP contribution in [0.4, 0.5) is 0 Å². The van der Waals surface area contributed by atoms with Crippen LogP contribution in [-0.2, 0) is 0 Å². The lowest BCUT2D eigenvalue weighted by Gasteiger charge is -2.16. The monoisotopic (exact) mass is 114 g/mol. The van der Waals surface area contributed by atoms with Gasteiger partial charge in [0.15, 0.2) is 0 Å². The first kappa shape index (κ1) is 5.45. The second-order valence-corrected chi connectivity index (χ2v) is 2.16. The molecule has 7 heavy (non-hydrogen) atoms. The van der Waals surface area contributed by atoms with Gasteiger partial charge in [0, 0.05) is 19.4 Å². The molecular weight excluding hydrogens is 106 g/mol. The van der Waals surface area contributed by atoms with Gasteiger partial charge in [-0.25, -0.2) is 4.31 Å². The van der Waals surface area contributed by atoms with Crippen LogP contribution in [0.2, 0.25) is 0 Å². The van der Waals surface area contributed by atoms with Crippen LogP contribution < -0.4 is 0 Å². The van der Waals surface area contributed by atoms with Gasteiger partial charge >= 0.3 is 0 Å². The fourth-order valence-electron chi connectivity index (χ4n) is 0.663. The van der Waals surface area contributed by atoms with Gasteiger partial charge < -0.3 is 0 Å². The van der Waals surface area contributed by atoms with Crippen LogP contribution in [0.3, 0.4) is 0 Å². The lowest BCUT2D eigenvalue weighted by Crippen LogP contribution is -2.14. The Morgan fingerprint density at radius 1 is 1.43 bits per heavy atom. The van der Waals surface area contributed by atoms with Crippen molar-refractivity contribution in [3.05, 3.63) is 6.54 Å². The molecule has 0 aliphatic carbocycles. The van der Waals surface area contributed by atoms with E-state index in [-0.39, 0.29) is 0 Å². The van der Waals surface area contributed by atoms with E-state index in [0.717, 1.165) is 13.0 Å². The van der Waals surface area contributed by atoms with Crippen LogP contribution >= 0.6 is 12.8 Å². The zero-order chi connectivity index (χ0) is 5.11. The fourth-order valence-corrected chi connectivity index (χ4v) is 0.884. The Kier molecular flexibility index (Phi) is 2.00. The zero-order valence-corrected chi connectivity index (χ0v) is 5.00. The Balaban J connectivity index is 2.12. The smallest absolute Gasteiger partial charge is 0.0744 e. The first-order chi connectivity index (χ1) is 3.39. The minimum Gasteiger partial charge on any atom is -0.230 e. The van der Waals surface area contributed by atoms with Gasteiger partial charge in [-0.15, -0.1) is 0 Å². The van der Waals surface area contributed by atoms with Crippen molar-refractivity contribution in [2.75, 3.05) is 6.54 Å². The Morgan fingerprint density at radius 2 is 2.29 bits per heavy atom. The number of hydrogen-bond acceptors (Lipinski definition) is 1. The van der Waals surface area contributed by atoms with Crippen molar-refractivity contribution in [2.24, 2.45) is 0 Å². The molecule has 0 saturated carbocycles. The van der Waals surface area contributed by atoms with Crippen molar-refractivity contribution in [3.8, 4) is 0 Å². The van der Waals surface area contributed by atoms with Crippen molar-refractivity contribution >= 4 is 12.8 Å². The van der Waals surface area contributed by atoms with Gasteiger partial charge in [0.25, 0.3) is 0 Å². The predicted octanol–water partition coefficient (Wildman–Crippen LogP) is 1.62. The largest absolute Gasteiger partial charge is 0.230 e. The maximum absolute atomic E-state index is 4.81. The molecule has 0 amide bonds. The summed E-state index contributed by atoms with van der Waals surface area (Å²) in [6.07, 6.45) is 3.58. The number of hydrogen-bond donors (Lipinski definition) is 0. The highest BCUT2D eigenvalue weighted by atomic mass is 32.1. The van der Waals surface area contributed by atoms with Crippen molar-refractivity contribution in [1.29, 1.82) is 0 Å². The minimum absolute atomic E-state index is 1.02. The molecule has 39 valence electrons. The lowest BCUT2D eigenvalue weighted by molar-refractivity contribution is 0.448. The highest BCUT2D eigenvalue weighted by Crippen LogP contribution is 2.13. The fraction of sp³-hybridized carbons (Fsp3) is 0.800.